The van der Waals surface area contributed by atoms with E-state index >= 15 is 0 Å². The molecule has 120 valence electrons. The molecule has 0 spiro atoms. The van der Waals surface area contributed by atoms with Crippen LogP contribution in [0.25, 0.3) is 0 Å². The largest absolute Gasteiger partial charge is 0.459 e. The first-order chi connectivity index (χ1) is 11.6. The van der Waals surface area contributed by atoms with Gasteiger partial charge in [-0.25, -0.2) is 0 Å². The Morgan fingerprint density at radius 2 is 1.71 bits per heavy atom. The lowest BCUT2D eigenvalue weighted by molar-refractivity contribution is 0.0995. The first kappa shape index (κ1) is 15.5. The fourth-order valence-corrected chi connectivity index (χ4v) is 2.08. The van der Waals surface area contributed by atoms with E-state index in [-0.39, 0.29) is 17.6 Å². The van der Waals surface area contributed by atoms with Gasteiger partial charge in [0.05, 0.1) is 11.8 Å². The molecule has 0 unspecified atom stereocenters. The smallest absolute Gasteiger partial charge is 0.291 e. The van der Waals surface area contributed by atoms with Gasteiger partial charge in [-0.15, -0.1) is 0 Å². The normalized spacial score (nSPS) is 10.2. The van der Waals surface area contributed by atoms with Gasteiger partial charge in [-0.3, -0.25) is 14.6 Å². The zero-order valence-corrected chi connectivity index (χ0v) is 12.9. The van der Waals surface area contributed by atoms with Crippen LogP contribution in [0.3, 0.4) is 0 Å². The summed E-state index contributed by atoms with van der Waals surface area (Å²) >= 11 is 0. The number of benzene rings is 1. The Bertz CT molecular complexity index is 855. The molecule has 0 aliphatic carbocycles. The van der Waals surface area contributed by atoms with Crippen LogP contribution in [0.4, 0.5) is 11.4 Å². The second-order valence-electron chi connectivity index (χ2n) is 5.15. The molecular formula is C18H15N3O3. The molecule has 2 amide bonds. The fraction of sp³-hybridized carbons (Fsp3) is 0.0556. The van der Waals surface area contributed by atoms with Gasteiger partial charge < -0.3 is 15.1 Å². The molecule has 0 saturated carbocycles. The average molecular weight is 321 g/mol. The van der Waals surface area contributed by atoms with E-state index in [1.165, 1.54) is 12.5 Å². The Morgan fingerprint density at radius 1 is 0.958 bits per heavy atom. The highest BCUT2D eigenvalue weighted by Gasteiger charge is 2.10. The van der Waals surface area contributed by atoms with Crippen molar-refractivity contribution >= 4 is 23.2 Å². The molecule has 0 fully saturated rings. The number of furan rings is 1. The minimum atomic E-state index is -0.355. The minimum absolute atomic E-state index is 0.218. The van der Waals surface area contributed by atoms with Crippen LogP contribution in [0.5, 0.6) is 0 Å². The van der Waals surface area contributed by atoms with Crippen LogP contribution in [0.15, 0.2) is 65.4 Å². The van der Waals surface area contributed by atoms with Gasteiger partial charge in [0.1, 0.15) is 0 Å². The summed E-state index contributed by atoms with van der Waals surface area (Å²) in [5.74, 6) is -0.404. The van der Waals surface area contributed by atoms with Gasteiger partial charge in [0, 0.05) is 23.3 Å². The Balaban J connectivity index is 1.70. The summed E-state index contributed by atoms with van der Waals surface area (Å²) in [6.07, 6.45) is 2.95. The maximum absolute atomic E-state index is 12.2. The lowest BCUT2D eigenvalue weighted by Crippen LogP contribution is -2.13. The standard InChI is InChI=1S/C18H15N3O3/c1-12-7-8-13(11-19-12)17(22)20-14-4-2-5-15(10-14)21-18(23)16-6-3-9-24-16/h2-11H,1H3,(H,20,22)(H,21,23). The summed E-state index contributed by atoms with van der Waals surface area (Å²) in [4.78, 5) is 28.3. The van der Waals surface area contributed by atoms with E-state index in [9.17, 15) is 9.59 Å². The third-order valence-corrected chi connectivity index (χ3v) is 3.30. The predicted octanol–water partition coefficient (Wildman–Crippen LogP) is 3.49. The van der Waals surface area contributed by atoms with Gasteiger partial charge in [-0.1, -0.05) is 6.07 Å². The van der Waals surface area contributed by atoms with E-state index in [0.717, 1.165) is 5.69 Å². The van der Waals surface area contributed by atoms with E-state index in [0.29, 0.717) is 16.9 Å². The van der Waals surface area contributed by atoms with Crippen LogP contribution in [0.1, 0.15) is 26.6 Å². The van der Waals surface area contributed by atoms with Crippen molar-refractivity contribution in [2.24, 2.45) is 0 Å². The molecule has 0 aliphatic rings. The molecule has 0 atom stereocenters. The number of anilines is 2. The van der Waals surface area contributed by atoms with Crippen LogP contribution >= 0.6 is 0 Å². The Hall–Kier alpha value is -3.41. The first-order valence-corrected chi connectivity index (χ1v) is 7.31. The van der Waals surface area contributed by atoms with Crippen molar-refractivity contribution in [1.82, 2.24) is 4.98 Å². The highest BCUT2D eigenvalue weighted by atomic mass is 16.3. The lowest BCUT2D eigenvalue weighted by atomic mass is 10.2. The number of nitrogens with zero attached hydrogens (tertiary/aromatic N) is 1. The van der Waals surface area contributed by atoms with Gasteiger partial charge >= 0.3 is 0 Å². The molecule has 1 aromatic carbocycles. The number of hydrogen-bond donors (Lipinski definition) is 2. The van der Waals surface area contributed by atoms with E-state index in [2.05, 4.69) is 15.6 Å². The number of hydrogen-bond acceptors (Lipinski definition) is 4. The highest BCUT2D eigenvalue weighted by molar-refractivity contribution is 6.05. The number of carbonyl (C=O) groups is 2. The zero-order chi connectivity index (χ0) is 16.9. The number of rotatable bonds is 4. The number of aryl methyl sites for hydroxylation is 1. The molecule has 3 rings (SSSR count). The molecule has 2 heterocycles. The second kappa shape index (κ2) is 6.78. The highest BCUT2D eigenvalue weighted by Crippen LogP contribution is 2.17. The molecule has 0 aliphatic heterocycles. The topological polar surface area (TPSA) is 84.2 Å². The summed E-state index contributed by atoms with van der Waals surface area (Å²) in [5, 5.41) is 5.48. The number of pyridine rings is 1. The van der Waals surface area contributed by atoms with Crippen molar-refractivity contribution in [3.63, 3.8) is 0 Å². The maximum Gasteiger partial charge on any atom is 0.291 e. The van der Waals surface area contributed by atoms with E-state index in [1.54, 1.807) is 48.5 Å². The summed E-state index contributed by atoms with van der Waals surface area (Å²) < 4.78 is 5.04. The fourth-order valence-electron chi connectivity index (χ4n) is 2.08. The predicted molar refractivity (Wildman–Crippen MR) is 90.0 cm³/mol. The summed E-state index contributed by atoms with van der Waals surface area (Å²) in [5.41, 5.74) is 2.42. The van der Waals surface area contributed by atoms with E-state index in [4.69, 9.17) is 4.42 Å². The molecule has 2 N–H and O–H groups in total. The van der Waals surface area contributed by atoms with Crippen molar-refractivity contribution in [3.05, 3.63) is 78.0 Å². The molecule has 0 bridgehead atoms. The van der Waals surface area contributed by atoms with Crippen molar-refractivity contribution in [1.29, 1.82) is 0 Å². The van der Waals surface area contributed by atoms with Crippen LogP contribution in [-0.4, -0.2) is 16.8 Å². The maximum atomic E-state index is 12.2. The quantitative estimate of drug-likeness (QED) is 0.770. The number of amides is 2. The minimum Gasteiger partial charge on any atom is -0.459 e. The molecule has 0 saturated heterocycles. The average Bonchev–Trinajstić information content (AvgIpc) is 3.10. The van der Waals surface area contributed by atoms with Crippen LogP contribution in [0.2, 0.25) is 0 Å². The number of nitrogens with one attached hydrogen (secondary N) is 2. The van der Waals surface area contributed by atoms with Gasteiger partial charge in [0.2, 0.25) is 0 Å². The van der Waals surface area contributed by atoms with Gasteiger partial charge in [-0.05, 0) is 49.4 Å². The van der Waals surface area contributed by atoms with Gasteiger partial charge in [0.25, 0.3) is 11.8 Å². The Kier molecular flexibility index (Phi) is 4.38. The van der Waals surface area contributed by atoms with Gasteiger partial charge in [0.15, 0.2) is 5.76 Å². The monoisotopic (exact) mass is 321 g/mol. The molecule has 6 nitrogen and oxygen atoms in total. The molecule has 0 radical (unpaired) electrons. The van der Waals surface area contributed by atoms with Crippen LogP contribution < -0.4 is 10.6 Å². The van der Waals surface area contributed by atoms with Crippen LogP contribution in [0, 0.1) is 6.92 Å². The molecule has 24 heavy (non-hydrogen) atoms. The number of aromatic nitrogens is 1. The van der Waals surface area contributed by atoms with Gasteiger partial charge in [-0.2, -0.15) is 0 Å². The van der Waals surface area contributed by atoms with Crippen molar-refractivity contribution in [3.8, 4) is 0 Å². The Labute approximate surface area is 138 Å². The lowest BCUT2D eigenvalue weighted by Gasteiger charge is -2.08. The third kappa shape index (κ3) is 3.67. The second-order valence-corrected chi connectivity index (χ2v) is 5.15. The van der Waals surface area contributed by atoms with Crippen molar-refractivity contribution in [2.75, 3.05) is 10.6 Å². The van der Waals surface area contributed by atoms with Crippen molar-refractivity contribution < 1.29 is 14.0 Å². The van der Waals surface area contributed by atoms with Crippen LogP contribution in [-0.2, 0) is 0 Å². The number of carbonyl (C=O) groups excluding carboxylic acids is 2. The summed E-state index contributed by atoms with van der Waals surface area (Å²) in [7, 11) is 0. The first-order valence-electron chi connectivity index (χ1n) is 7.31. The molecule has 6 heteroatoms. The molecular weight excluding hydrogens is 306 g/mol. The van der Waals surface area contributed by atoms with E-state index in [1.807, 2.05) is 6.92 Å². The zero-order valence-electron chi connectivity index (χ0n) is 12.9. The third-order valence-electron chi connectivity index (χ3n) is 3.30. The van der Waals surface area contributed by atoms with E-state index < -0.39 is 0 Å². The molecule has 3 aromatic rings. The summed E-state index contributed by atoms with van der Waals surface area (Å²) in [6, 6.07) is 13.6. The SMILES string of the molecule is Cc1ccc(C(=O)Nc2cccc(NC(=O)c3ccco3)c2)cn1. The van der Waals surface area contributed by atoms with Crippen molar-refractivity contribution in [2.45, 2.75) is 6.92 Å². The molecule has 2 aromatic heterocycles. The Morgan fingerprint density at radius 3 is 2.33 bits per heavy atom. The summed E-state index contributed by atoms with van der Waals surface area (Å²) in [6.45, 7) is 1.85.